The van der Waals surface area contributed by atoms with Crippen molar-refractivity contribution < 1.29 is 29.3 Å². The summed E-state index contributed by atoms with van der Waals surface area (Å²) in [6.07, 6.45) is 5.38. The van der Waals surface area contributed by atoms with E-state index in [-0.39, 0.29) is 29.0 Å². The first-order chi connectivity index (χ1) is 16.2. The van der Waals surface area contributed by atoms with Crippen LogP contribution in [-0.2, 0) is 14.3 Å². The molecule has 2 N–H and O–H groups in total. The van der Waals surface area contributed by atoms with Gasteiger partial charge in [-0.1, -0.05) is 37.6 Å². The number of Topliss-reactive ketones (excluding diaryl/α,β-unsaturated/α-hetero) is 1. The van der Waals surface area contributed by atoms with Gasteiger partial charge in [0.2, 0.25) is 5.78 Å². The predicted octanol–water partition coefficient (Wildman–Crippen LogP) is 3.65. The van der Waals surface area contributed by atoms with Crippen LogP contribution in [0.2, 0.25) is 0 Å². The van der Waals surface area contributed by atoms with Crippen molar-refractivity contribution >= 4 is 17.5 Å². The Bertz CT molecular complexity index is 1050. The number of allylic oxidation sites excluding steroid dienone is 1. The SMILES string of the molecule is C[C@]12CCC(=O)C=C1CC[C@H]1[C@@H]2[C@@H](O)C[C@@]2(C)[C@H]1CC[C@]2(OC(=O)c1ccccc1)C(=O)CO. The van der Waals surface area contributed by atoms with E-state index >= 15 is 0 Å². The Morgan fingerprint density at radius 3 is 2.53 bits per heavy atom. The van der Waals surface area contributed by atoms with Crippen LogP contribution >= 0.6 is 0 Å². The van der Waals surface area contributed by atoms with Gasteiger partial charge in [-0.3, -0.25) is 9.59 Å². The van der Waals surface area contributed by atoms with Crippen LogP contribution in [-0.4, -0.2) is 46.1 Å². The molecule has 3 saturated carbocycles. The summed E-state index contributed by atoms with van der Waals surface area (Å²) < 4.78 is 6.07. The number of hydrogen-bond donors (Lipinski definition) is 2. The average Bonchev–Trinajstić information content (AvgIpc) is 3.11. The smallest absolute Gasteiger partial charge is 0.339 e. The highest BCUT2D eigenvalue weighted by Gasteiger charge is 2.70. The normalized spacial score (nSPS) is 41.1. The van der Waals surface area contributed by atoms with Crippen LogP contribution in [0.5, 0.6) is 0 Å². The van der Waals surface area contributed by atoms with E-state index in [9.17, 15) is 24.6 Å². The van der Waals surface area contributed by atoms with Crippen molar-refractivity contribution in [2.24, 2.45) is 28.6 Å². The van der Waals surface area contributed by atoms with Gasteiger partial charge < -0.3 is 14.9 Å². The highest BCUT2D eigenvalue weighted by atomic mass is 16.6. The molecule has 0 unspecified atom stereocenters. The van der Waals surface area contributed by atoms with Crippen molar-refractivity contribution in [3.05, 3.63) is 47.5 Å². The highest BCUT2D eigenvalue weighted by molar-refractivity contribution is 5.96. The Morgan fingerprint density at radius 2 is 1.82 bits per heavy atom. The monoisotopic (exact) mass is 466 g/mol. The number of carbonyl (C=O) groups excluding carboxylic acids is 3. The number of rotatable bonds is 4. The number of aliphatic hydroxyl groups excluding tert-OH is 2. The number of esters is 1. The zero-order valence-electron chi connectivity index (χ0n) is 20.0. The van der Waals surface area contributed by atoms with Gasteiger partial charge in [-0.15, -0.1) is 0 Å². The molecule has 3 fully saturated rings. The zero-order valence-corrected chi connectivity index (χ0v) is 20.0. The van der Waals surface area contributed by atoms with Crippen molar-refractivity contribution in [1.82, 2.24) is 0 Å². The van der Waals surface area contributed by atoms with Crippen molar-refractivity contribution in [3.8, 4) is 0 Å². The first-order valence-corrected chi connectivity index (χ1v) is 12.5. The number of fused-ring (bicyclic) bond motifs is 5. The molecule has 182 valence electrons. The average molecular weight is 467 g/mol. The van der Waals surface area contributed by atoms with Gasteiger partial charge in [0.05, 0.1) is 11.7 Å². The maximum Gasteiger partial charge on any atom is 0.339 e. The standard InChI is InChI=1S/C28H34O6/c1-26-12-10-19(30)14-18(26)8-9-20-21-11-13-28(23(32)16-29,27(21,2)15-22(31)24(20)26)34-25(33)17-6-4-3-5-7-17/h3-7,14,20-22,24,29,31H,8-13,15-16H2,1-2H3/t20-,21+,22+,24-,26+,27+,28+/m1/s1. The minimum atomic E-state index is -1.47. The molecule has 0 aliphatic heterocycles. The topological polar surface area (TPSA) is 101 Å². The molecule has 6 heteroatoms. The molecule has 0 aromatic heterocycles. The van der Waals surface area contributed by atoms with Crippen molar-refractivity contribution in [3.63, 3.8) is 0 Å². The van der Waals surface area contributed by atoms with E-state index < -0.39 is 35.5 Å². The summed E-state index contributed by atoms with van der Waals surface area (Å²) in [4.78, 5) is 38.5. The first kappa shape index (κ1) is 23.4. The number of ether oxygens (including phenoxy) is 1. The third-order valence-corrected chi connectivity index (χ3v) is 9.89. The van der Waals surface area contributed by atoms with Crippen LogP contribution in [0.1, 0.15) is 69.2 Å². The van der Waals surface area contributed by atoms with Gasteiger partial charge in [0.25, 0.3) is 0 Å². The van der Waals surface area contributed by atoms with Crippen molar-refractivity contribution in [1.29, 1.82) is 0 Å². The largest absolute Gasteiger partial charge is 0.447 e. The molecule has 1 aromatic carbocycles. The molecule has 0 spiro atoms. The second kappa shape index (κ2) is 8.13. The van der Waals surface area contributed by atoms with Crippen LogP contribution < -0.4 is 0 Å². The molecule has 4 aliphatic carbocycles. The number of hydrogen-bond acceptors (Lipinski definition) is 6. The lowest BCUT2D eigenvalue weighted by Gasteiger charge is -2.60. The minimum absolute atomic E-state index is 0.00327. The fourth-order valence-corrected chi connectivity index (χ4v) is 8.28. The van der Waals surface area contributed by atoms with E-state index in [1.807, 2.05) is 6.92 Å². The molecule has 0 saturated heterocycles. The third-order valence-electron chi connectivity index (χ3n) is 9.89. The van der Waals surface area contributed by atoms with E-state index in [4.69, 9.17) is 4.74 Å². The fourth-order valence-electron chi connectivity index (χ4n) is 8.28. The van der Waals surface area contributed by atoms with E-state index in [1.54, 1.807) is 36.4 Å². The molecule has 0 radical (unpaired) electrons. The van der Waals surface area contributed by atoms with Crippen molar-refractivity contribution in [2.75, 3.05) is 6.61 Å². The van der Waals surface area contributed by atoms with Crippen LogP contribution in [0.15, 0.2) is 42.0 Å². The summed E-state index contributed by atoms with van der Waals surface area (Å²) in [5, 5.41) is 21.5. The van der Waals surface area contributed by atoms with E-state index in [2.05, 4.69) is 6.92 Å². The molecule has 4 aliphatic rings. The van der Waals surface area contributed by atoms with E-state index in [0.29, 0.717) is 31.2 Å². The van der Waals surface area contributed by atoms with Gasteiger partial charge in [0, 0.05) is 11.8 Å². The van der Waals surface area contributed by atoms with Crippen LogP contribution in [0.4, 0.5) is 0 Å². The van der Waals surface area contributed by atoms with Crippen LogP contribution in [0.3, 0.4) is 0 Å². The number of aliphatic hydroxyl groups is 2. The molecule has 0 amide bonds. The molecule has 6 nitrogen and oxygen atoms in total. The highest BCUT2D eigenvalue weighted by Crippen LogP contribution is 2.68. The van der Waals surface area contributed by atoms with Gasteiger partial charge in [0.15, 0.2) is 11.4 Å². The molecular formula is C28H34O6. The summed E-state index contributed by atoms with van der Waals surface area (Å²) in [7, 11) is 0. The number of benzene rings is 1. The molecular weight excluding hydrogens is 432 g/mol. The minimum Gasteiger partial charge on any atom is -0.447 e. The fraction of sp³-hybridized carbons (Fsp3) is 0.607. The van der Waals surface area contributed by atoms with Gasteiger partial charge in [-0.25, -0.2) is 4.79 Å². The first-order valence-electron chi connectivity index (χ1n) is 12.5. The summed E-state index contributed by atoms with van der Waals surface area (Å²) in [6, 6.07) is 8.60. The Kier molecular flexibility index (Phi) is 5.60. The quantitative estimate of drug-likeness (QED) is 0.657. The lowest BCUT2D eigenvalue weighted by molar-refractivity contribution is -0.183. The number of carbonyl (C=O) groups is 3. The van der Waals surface area contributed by atoms with Crippen LogP contribution in [0.25, 0.3) is 0 Å². The zero-order chi connectivity index (χ0) is 24.3. The van der Waals surface area contributed by atoms with Gasteiger partial charge in [-0.05, 0) is 79.9 Å². The molecule has 0 heterocycles. The van der Waals surface area contributed by atoms with E-state index in [0.717, 1.165) is 24.8 Å². The van der Waals surface area contributed by atoms with E-state index in [1.165, 1.54) is 0 Å². The summed E-state index contributed by atoms with van der Waals surface area (Å²) in [6.45, 7) is 3.44. The molecule has 7 atom stereocenters. The van der Waals surface area contributed by atoms with Gasteiger partial charge in [-0.2, -0.15) is 0 Å². The number of ketones is 2. The maximum atomic E-state index is 13.3. The van der Waals surface area contributed by atoms with Gasteiger partial charge in [0.1, 0.15) is 6.61 Å². The molecule has 5 rings (SSSR count). The second-order valence-electron chi connectivity index (χ2n) is 11.3. The van der Waals surface area contributed by atoms with Crippen molar-refractivity contribution in [2.45, 2.75) is 70.5 Å². The third kappa shape index (κ3) is 3.18. The second-order valence-corrected chi connectivity index (χ2v) is 11.3. The Morgan fingerprint density at radius 1 is 1.09 bits per heavy atom. The molecule has 0 bridgehead atoms. The molecule has 34 heavy (non-hydrogen) atoms. The Balaban J connectivity index is 1.53. The summed E-state index contributed by atoms with van der Waals surface area (Å²) >= 11 is 0. The summed E-state index contributed by atoms with van der Waals surface area (Å²) in [5.41, 5.74) is -0.963. The predicted molar refractivity (Wildman–Crippen MR) is 125 cm³/mol. The van der Waals surface area contributed by atoms with Crippen LogP contribution in [0, 0.1) is 28.6 Å². The van der Waals surface area contributed by atoms with Gasteiger partial charge >= 0.3 is 5.97 Å². The lowest BCUT2D eigenvalue weighted by atomic mass is 9.45. The Hall–Kier alpha value is -2.31. The molecule has 1 aromatic rings. The summed E-state index contributed by atoms with van der Waals surface area (Å²) in [5.74, 6) is -0.652. The maximum absolute atomic E-state index is 13.3. The Labute approximate surface area is 200 Å². The lowest BCUT2D eigenvalue weighted by Crippen LogP contribution is -2.63.